The molecule has 1 aromatic carbocycles. The summed E-state index contributed by atoms with van der Waals surface area (Å²) >= 11 is 0. The van der Waals surface area contributed by atoms with Crippen LogP contribution in [0.4, 0.5) is 5.69 Å². The molecule has 1 fully saturated rings. The van der Waals surface area contributed by atoms with Crippen molar-refractivity contribution >= 4 is 22.7 Å². The monoisotopic (exact) mass is 269 g/mol. The second kappa shape index (κ2) is 4.64. The molecule has 1 amide bonds. The fraction of sp³-hybridized carbons (Fsp3) is 0.400. The highest BCUT2D eigenvalue weighted by Gasteiger charge is 2.41. The zero-order valence-corrected chi connectivity index (χ0v) is 11.3. The SMILES string of the molecule is Cc1nc2cc(NC(=O)C3(C#N)CCCC3)ccc2o1. The summed E-state index contributed by atoms with van der Waals surface area (Å²) in [5.74, 6) is 0.379. The molecule has 1 aromatic heterocycles. The number of oxazole rings is 1. The third-order valence-corrected chi connectivity index (χ3v) is 3.86. The lowest BCUT2D eigenvalue weighted by atomic mass is 9.87. The van der Waals surface area contributed by atoms with Gasteiger partial charge in [0.25, 0.3) is 0 Å². The van der Waals surface area contributed by atoms with Crippen LogP contribution in [0.1, 0.15) is 31.6 Å². The van der Waals surface area contributed by atoms with Gasteiger partial charge in [0.1, 0.15) is 10.9 Å². The first-order valence-corrected chi connectivity index (χ1v) is 6.73. The zero-order chi connectivity index (χ0) is 14.2. The van der Waals surface area contributed by atoms with Gasteiger partial charge in [0.05, 0.1) is 6.07 Å². The first-order chi connectivity index (χ1) is 9.63. The molecule has 0 unspecified atom stereocenters. The quantitative estimate of drug-likeness (QED) is 0.908. The highest BCUT2D eigenvalue weighted by atomic mass is 16.3. The van der Waals surface area contributed by atoms with Crippen LogP contribution < -0.4 is 5.32 Å². The number of aryl methyl sites for hydroxylation is 1. The van der Waals surface area contributed by atoms with Crippen molar-refractivity contribution in [2.24, 2.45) is 5.41 Å². The highest BCUT2D eigenvalue weighted by Crippen LogP contribution is 2.38. The van der Waals surface area contributed by atoms with Gasteiger partial charge in [0.2, 0.25) is 5.91 Å². The molecular formula is C15H15N3O2. The number of amides is 1. The molecule has 1 heterocycles. The van der Waals surface area contributed by atoms with Crippen molar-refractivity contribution in [1.29, 1.82) is 5.26 Å². The van der Waals surface area contributed by atoms with Crippen molar-refractivity contribution in [1.82, 2.24) is 4.98 Å². The maximum absolute atomic E-state index is 12.3. The molecule has 0 atom stereocenters. The summed E-state index contributed by atoms with van der Waals surface area (Å²) in [4.78, 5) is 16.6. The standard InChI is InChI=1S/C15H15N3O2/c1-10-17-12-8-11(4-5-13(12)20-10)18-14(19)15(9-16)6-2-3-7-15/h4-5,8H,2-3,6-7H2,1H3,(H,18,19). The van der Waals surface area contributed by atoms with E-state index >= 15 is 0 Å². The Morgan fingerprint density at radius 3 is 2.90 bits per heavy atom. The van der Waals surface area contributed by atoms with Gasteiger partial charge in [-0.1, -0.05) is 12.8 Å². The van der Waals surface area contributed by atoms with Gasteiger partial charge in [-0.3, -0.25) is 4.79 Å². The van der Waals surface area contributed by atoms with Crippen molar-refractivity contribution in [2.45, 2.75) is 32.6 Å². The molecule has 0 bridgehead atoms. The predicted molar refractivity (Wildman–Crippen MR) is 73.9 cm³/mol. The lowest BCUT2D eigenvalue weighted by Gasteiger charge is -2.19. The first kappa shape index (κ1) is 12.7. The molecule has 0 radical (unpaired) electrons. The van der Waals surface area contributed by atoms with Gasteiger partial charge in [-0.2, -0.15) is 5.26 Å². The van der Waals surface area contributed by atoms with Crippen molar-refractivity contribution < 1.29 is 9.21 Å². The summed E-state index contributed by atoms with van der Waals surface area (Å²) in [5.41, 5.74) is 1.18. The number of hydrogen-bond donors (Lipinski definition) is 1. The Labute approximate surface area is 116 Å². The van der Waals surface area contributed by atoms with Crippen LogP contribution in [-0.4, -0.2) is 10.9 Å². The molecule has 1 aliphatic carbocycles. The Morgan fingerprint density at radius 2 is 2.20 bits per heavy atom. The topological polar surface area (TPSA) is 78.9 Å². The number of anilines is 1. The van der Waals surface area contributed by atoms with Crippen molar-refractivity contribution in [2.75, 3.05) is 5.32 Å². The van der Waals surface area contributed by atoms with Gasteiger partial charge >= 0.3 is 0 Å². The van der Waals surface area contributed by atoms with Crippen LogP contribution in [0.3, 0.4) is 0 Å². The van der Waals surface area contributed by atoms with E-state index in [9.17, 15) is 10.1 Å². The number of fused-ring (bicyclic) bond motifs is 1. The third kappa shape index (κ3) is 2.03. The van der Waals surface area contributed by atoms with Crippen LogP contribution >= 0.6 is 0 Å². The molecule has 1 N–H and O–H groups in total. The molecule has 1 aliphatic rings. The molecule has 0 saturated heterocycles. The van der Waals surface area contributed by atoms with E-state index in [2.05, 4.69) is 16.4 Å². The molecular weight excluding hydrogens is 254 g/mol. The number of rotatable bonds is 2. The molecule has 0 aliphatic heterocycles. The maximum atomic E-state index is 12.3. The Kier molecular flexibility index (Phi) is 2.94. The number of hydrogen-bond acceptors (Lipinski definition) is 4. The van der Waals surface area contributed by atoms with E-state index < -0.39 is 5.41 Å². The van der Waals surface area contributed by atoms with Gasteiger partial charge in [0.15, 0.2) is 11.5 Å². The first-order valence-electron chi connectivity index (χ1n) is 6.73. The van der Waals surface area contributed by atoms with Crippen LogP contribution in [0.25, 0.3) is 11.1 Å². The molecule has 5 heteroatoms. The van der Waals surface area contributed by atoms with E-state index in [1.807, 2.05) is 0 Å². The second-order valence-electron chi connectivity index (χ2n) is 5.27. The summed E-state index contributed by atoms with van der Waals surface area (Å²) in [6.45, 7) is 1.78. The highest BCUT2D eigenvalue weighted by molar-refractivity contribution is 5.98. The Morgan fingerprint density at radius 1 is 1.45 bits per heavy atom. The van der Waals surface area contributed by atoms with E-state index in [1.54, 1.807) is 25.1 Å². The molecule has 102 valence electrons. The van der Waals surface area contributed by atoms with Gasteiger partial charge in [-0.05, 0) is 31.0 Å². The van der Waals surface area contributed by atoms with Crippen LogP contribution in [-0.2, 0) is 4.79 Å². The number of nitrogens with one attached hydrogen (secondary N) is 1. The van der Waals surface area contributed by atoms with Crippen molar-refractivity contribution in [3.05, 3.63) is 24.1 Å². The largest absolute Gasteiger partial charge is 0.441 e. The van der Waals surface area contributed by atoms with Gasteiger partial charge < -0.3 is 9.73 Å². The summed E-state index contributed by atoms with van der Waals surface area (Å²) in [6, 6.07) is 7.51. The van der Waals surface area contributed by atoms with Gasteiger partial charge in [-0.15, -0.1) is 0 Å². The van der Waals surface area contributed by atoms with Gasteiger partial charge in [0, 0.05) is 12.6 Å². The number of benzene rings is 1. The van der Waals surface area contributed by atoms with Crippen LogP contribution in [0, 0.1) is 23.7 Å². The smallest absolute Gasteiger partial charge is 0.244 e. The Hall–Kier alpha value is -2.35. The van der Waals surface area contributed by atoms with E-state index in [-0.39, 0.29) is 5.91 Å². The average molecular weight is 269 g/mol. The minimum atomic E-state index is -0.866. The Bertz CT molecular complexity index is 705. The van der Waals surface area contributed by atoms with E-state index in [0.29, 0.717) is 35.5 Å². The number of nitriles is 1. The molecule has 20 heavy (non-hydrogen) atoms. The number of aromatic nitrogens is 1. The summed E-state index contributed by atoms with van der Waals surface area (Å²) < 4.78 is 5.39. The molecule has 0 spiro atoms. The maximum Gasteiger partial charge on any atom is 0.244 e. The lowest BCUT2D eigenvalue weighted by Crippen LogP contribution is -2.32. The number of carbonyl (C=O) groups is 1. The summed E-state index contributed by atoms with van der Waals surface area (Å²) in [5, 5.41) is 12.1. The second-order valence-corrected chi connectivity index (χ2v) is 5.27. The minimum Gasteiger partial charge on any atom is -0.441 e. The Balaban J connectivity index is 1.85. The molecule has 5 nitrogen and oxygen atoms in total. The lowest BCUT2D eigenvalue weighted by molar-refractivity contribution is -0.122. The molecule has 3 rings (SSSR count). The average Bonchev–Trinajstić information content (AvgIpc) is 3.04. The number of carbonyl (C=O) groups excluding carboxylic acids is 1. The summed E-state index contributed by atoms with van der Waals surface area (Å²) in [6.07, 6.45) is 3.15. The zero-order valence-electron chi connectivity index (χ0n) is 11.3. The third-order valence-electron chi connectivity index (χ3n) is 3.86. The normalized spacial score (nSPS) is 17.0. The van der Waals surface area contributed by atoms with Crippen molar-refractivity contribution in [3.8, 4) is 6.07 Å². The van der Waals surface area contributed by atoms with Gasteiger partial charge in [-0.25, -0.2) is 4.98 Å². The van der Waals surface area contributed by atoms with E-state index in [1.165, 1.54) is 0 Å². The summed E-state index contributed by atoms with van der Waals surface area (Å²) in [7, 11) is 0. The van der Waals surface area contributed by atoms with Crippen LogP contribution in [0.5, 0.6) is 0 Å². The molecule has 2 aromatic rings. The fourth-order valence-electron chi connectivity index (χ4n) is 2.74. The minimum absolute atomic E-state index is 0.211. The fourth-order valence-corrected chi connectivity index (χ4v) is 2.74. The number of nitrogens with zero attached hydrogens (tertiary/aromatic N) is 2. The van der Waals surface area contributed by atoms with E-state index in [0.717, 1.165) is 12.8 Å². The van der Waals surface area contributed by atoms with Crippen LogP contribution in [0.2, 0.25) is 0 Å². The van der Waals surface area contributed by atoms with Crippen LogP contribution in [0.15, 0.2) is 22.6 Å². The van der Waals surface area contributed by atoms with E-state index in [4.69, 9.17) is 4.42 Å². The molecule has 1 saturated carbocycles. The van der Waals surface area contributed by atoms with Crippen molar-refractivity contribution in [3.63, 3.8) is 0 Å². The predicted octanol–water partition coefficient (Wildman–Crippen LogP) is 3.16.